The van der Waals surface area contributed by atoms with Crippen molar-refractivity contribution in [3.05, 3.63) is 12.7 Å². The third-order valence-corrected chi connectivity index (χ3v) is 0.922. The van der Waals surface area contributed by atoms with Gasteiger partial charge in [-0.1, -0.05) is 6.08 Å². The summed E-state index contributed by atoms with van der Waals surface area (Å²) in [4.78, 5) is 9.89. The lowest BCUT2D eigenvalue weighted by Gasteiger charge is -1.96. The predicted molar refractivity (Wildman–Crippen MR) is 37.9 cm³/mol. The molecule has 0 heterocycles. The van der Waals surface area contributed by atoms with Crippen LogP contribution >= 0.6 is 0 Å². The number of aliphatic carboxylic acids is 1. The molecule has 0 rings (SSSR count). The Balaban J connectivity index is 2.90. The molecule has 58 valence electrons. The number of carboxylic acids is 1. The van der Waals surface area contributed by atoms with Gasteiger partial charge in [-0.2, -0.15) is 0 Å². The molecule has 0 aliphatic heterocycles. The van der Waals surface area contributed by atoms with E-state index in [1.165, 1.54) is 0 Å². The number of hydrogen-bond acceptors (Lipinski definition) is 2. The fraction of sp³-hybridized carbons (Fsp3) is 0.571. The Morgan fingerprint density at radius 2 is 2.40 bits per heavy atom. The van der Waals surface area contributed by atoms with E-state index in [0.717, 1.165) is 12.8 Å². The van der Waals surface area contributed by atoms with Gasteiger partial charge in [0.25, 0.3) is 0 Å². The molecule has 1 N–H and O–H groups in total. The third-order valence-electron chi connectivity index (χ3n) is 0.922. The lowest BCUT2D eigenvalue weighted by atomic mass is 10.3. The van der Waals surface area contributed by atoms with E-state index in [1.54, 1.807) is 6.08 Å². The first-order valence-corrected chi connectivity index (χ1v) is 3.18. The molecule has 3 nitrogen and oxygen atoms in total. The van der Waals surface area contributed by atoms with Crippen LogP contribution in [0.3, 0.4) is 0 Å². The van der Waals surface area contributed by atoms with E-state index in [0.29, 0.717) is 6.61 Å². The fourth-order valence-corrected chi connectivity index (χ4v) is 0.489. The lowest BCUT2D eigenvalue weighted by molar-refractivity contribution is -0.142. The van der Waals surface area contributed by atoms with Crippen molar-refractivity contribution in [2.75, 3.05) is 13.2 Å². The summed E-state index contributed by atoms with van der Waals surface area (Å²) < 4.78 is 4.75. The van der Waals surface area contributed by atoms with E-state index in [1.807, 2.05) is 0 Å². The van der Waals surface area contributed by atoms with Crippen LogP contribution in [-0.4, -0.2) is 24.3 Å². The van der Waals surface area contributed by atoms with Gasteiger partial charge in [0.2, 0.25) is 0 Å². The van der Waals surface area contributed by atoms with E-state index in [-0.39, 0.29) is 6.61 Å². The number of carbonyl (C=O) groups is 1. The second kappa shape index (κ2) is 6.29. The van der Waals surface area contributed by atoms with Gasteiger partial charge in [-0.05, 0) is 12.8 Å². The van der Waals surface area contributed by atoms with E-state index >= 15 is 0 Å². The minimum atomic E-state index is -0.918. The number of hydrogen-bond donors (Lipinski definition) is 1. The van der Waals surface area contributed by atoms with Crippen molar-refractivity contribution < 1.29 is 14.6 Å². The first-order chi connectivity index (χ1) is 4.77. The van der Waals surface area contributed by atoms with E-state index in [4.69, 9.17) is 9.84 Å². The van der Waals surface area contributed by atoms with Gasteiger partial charge >= 0.3 is 5.97 Å². The highest BCUT2D eigenvalue weighted by Crippen LogP contribution is 1.89. The third kappa shape index (κ3) is 7.17. The summed E-state index contributed by atoms with van der Waals surface area (Å²) in [5, 5.41) is 8.12. The zero-order chi connectivity index (χ0) is 7.82. The molecule has 0 bridgehead atoms. The number of carboxylic acid groups (broad SMARTS) is 1. The van der Waals surface area contributed by atoms with Crippen molar-refractivity contribution >= 4 is 5.97 Å². The van der Waals surface area contributed by atoms with Crippen molar-refractivity contribution in [3.8, 4) is 0 Å². The molecule has 0 aliphatic rings. The zero-order valence-corrected chi connectivity index (χ0v) is 5.88. The van der Waals surface area contributed by atoms with Gasteiger partial charge in [0.15, 0.2) is 0 Å². The predicted octanol–water partition coefficient (Wildman–Crippen LogP) is 1.05. The van der Waals surface area contributed by atoms with Crippen molar-refractivity contribution in [1.29, 1.82) is 0 Å². The Morgan fingerprint density at radius 3 is 2.90 bits per heavy atom. The smallest absolute Gasteiger partial charge is 0.329 e. The summed E-state index contributed by atoms with van der Waals surface area (Å²) in [6, 6.07) is 0. The maximum absolute atomic E-state index is 9.89. The number of unbranched alkanes of at least 4 members (excludes halogenated alkanes) is 1. The van der Waals surface area contributed by atoms with Crippen molar-refractivity contribution in [3.63, 3.8) is 0 Å². The van der Waals surface area contributed by atoms with Crippen LogP contribution in [0, 0.1) is 0 Å². The highest BCUT2D eigenvalue weighted by Gasteiger charge is 1.93. The second-order valence-electron chi connectivity index (χ2n) is 1.88. The molecular formula is C7H12O3. The average Bonchev–Trinajstić information content (AvgIpc) is 1.87. The Kier molecular flexibility index (Phi) is 5.77. The maximum atomic E-state index is 9.89. The maximum Gasteiger partial charge on any atom is 0.329 e. The molecule has 0 aromatic carbocycles. The van der Waals surface area contributed by atoms with Crippen molar-refractivity contribution in [2.24, 2.45) is 0 Å². The van der Waals surface area contributed by atoms with E-state index < -0.39 is 5.97 Å². The SMILES string of the molecule is C=CCCCOCC(=O)O. The van der Waals surface area contributed by atoms with Crippen LogP contribution in [0.2, 0.25) is 0 Å². The second-order valence-corrected chi connectivity index (χ2v) is 1.88. The summed E-state index contributed by atoms with van der Waals surface area (Å²) in [7, 11) is 0. The van der Waals surface area contributed by atoms with Crippen molar-refractivity contribution in [2.45, 2.75) is 12.8 Å². The number of allylic oxidation sites excluding steroid dienone is 1. The minimum absolute atomic E-state index is 0.197. The highest BCUT2D eigenvalue weighted by molar-refractivity contribution is 5.67. The molecule has 0 amide bonds. The average molecular weight is 144 g/mol. The number of rotatable bonds is 6. The van der Waals surface area contributed by atoms with Gasteiger partial charge in [0.05, 0.1) is 0 Å². The van der Waals surface area contributed by atoms with Crippen LogP contribution in [0.1, 0.15) is 12.8 Å². The summed E-state index contributed by atoms with van der Waals surface area (Å²) in [6.45, 7) is 3.82. The minimum Gasteiger partial charge on any atom is -0.480 e. The van der Waals surface area contributed by atoms with Crippen LogP contribution in [0.4, 0.5) is 0 Å². The van der Waals surface area contributed by atoms with E-state index in [9.17, 15) is 4.79 Å². The molecule has 0 atom stereocenters. The normalized spacial score (nSPS) is 9.20. The van der Waals surface area contributed by atoms with E-state index in [2.05, 4.69) is 6.58 Å². The molecule has 0 aromatic heterocycles. The summed E-state index contributed by atoms with van der Waals surface area (Å²) in [5.74, 6) is -0.918. The molecule has 0 fully saturated rings. The Bertz CT molecular complexity index is 109. The Hall–Kier alpha value is -0.830. The molecule has 3 heteroatoms. The van der Waals surface area contributed by atoms with Crippen LogP contribution in [0.15, 0.2) is 12.7 Å². The molecule has 0 spiro atoms. The molecule has 0 saturated heterocycles. The number of ether oxygens (including phenoxy) is 1. The van der Waals surface area contributed by atoms with Crippen LogP contribution in [0.5, 0.6) is 0 Å². The highest BCUT2D eigenvalue weighted by atomic mass is 16.5. The largest absolute Gasteiger partial charge is 0.480 e. The molecule has 0 aliphatic carbocycles. The van der Waals surface area contributed by atoms with Gasteiger partial charge < -0.3 is 9.84 Å². The van der Waals surface area contributed by atoms with Gasteiger partial charge in [-0.25, -0.2) is 4.79 Å². The standard InChI is InChI=1S/C7H12O3/c1-2-3-4-5-10-6-7(8)9/h2H,1,3-6H2,(H,8,9). The first-order valence-electron chi connectivity index (χ1n) is 3.18. The monoisotopic (exact) mass is 144 g/mol. The lowest BCUT2D eigenvalue weighted by Crippen LogP contribution is -2.07. The van der Waals surface area contributed by atoms with Gasteiger partial charge in [0.1, 0.15) is 6.61 Å². The molecule has 0 saturated carbocycles. The summed E-state index contributed by atoms with van der Waals surface area (Å²) >= 11 is 0. The molecule has 0 radical (unpaired) electrons. The van der Waals surface area contributed by atoms with Crippen LogP contribution in [0.25, 0.3) is 0 Å². The van der Waals surface area contributed by atoms with Crippen LogP contribution < -0.4 is 0 Å². The quantitative estimate of drug-likeness (QED) is 0.447. The molecular weight excluding hydrogens is 132 g/mol. The molecule has 10 heavy (non-hydrogen) atoms. The first kappa shape index (κ1) is 9.17. The Morgan fingerprint density at radius 1 is 1.70 bits per heavy atom. The van der Waals surface area contributed by atoms with Gasteiger partial charge in [0, 0.05) is 6.61 Å². The molecule has 0 unspecified atom stereocenters. The van der Waals surface area contributed by atoms with Gasteiger partial charge in [-0.3, -0.25) is 0 Å². The van der Waals surface area contributed by atoms with Crippen LogP contribution in [-0.2, 0) is 9.53 Å². The zero-order valence-electron chi connectivity index (χ0n) is 5.88. The fourth-order valence-electron chi connectivity index (χ4n) is 0.489. The summed E-state index contributed by atoms with van der Waals surface area (Å²) in [6.07, 6.45) is 3.50. The summed E-state index contributed by atoms with van der Waals surface area (Å²) in [5.41, 5.74) is 0. The topological polar surface area (TPSA) is 46.5 Å². The Labute approximate surface area is 60.3 Å². The van der Waals surface area contributed by atoms with Crippen molar-refractivity contribution in [1.82, 2.24) is 0 Å². The molecule has 0 aromatic rings. The van der Waals surface area contributed by atoms with Gasteiger partial charge in [-0.15, -0.1) is 6.58 Å².